The maximum atomic E-state index is 13.2. The quantitative estimate of drug-likeness (QED) is 0.289. The first-order valence-corrected chi connectivity index (χ1v) is 11.2. The van der Waals surface area contributed by atoms with E-state index in [0.717, 1.165) is 10.0 Å². The second-order valence-corrected chi connectivity index (χ2v) is 8.20. The van der Waals surface area contributed by atoms with Crippen LogP contribution in [0.3, 0.4) is 0 Å². The lowest BCUT2D eigenvalue weighted by atomic mass is 10.1. The zero-order chi connectivity index (χ0) is 23.9. The summed E-state index contributed by atoms with van der Waals surface area (Å²) in [6, 6.07) is 23.7. The van der Waals surface area contributed by atoms with Gasteiger partial charge in [-0.3, -0.25) is 14.0 Å². The fourth-order valence-electron chi connectivity index (χ4n) is 3.25. The average molecular weight is 515 g/mol. The van der Waals surface area contributed by atoms with Crippen LogP contribution in [0.1, 0.15) is 11.1 Å². The summed E-state index contributed by atoms with van der Waals surface area (Å²) in [5.41, 5.74) is 0.766. The number of carbonyl (C=O) groups excluding carboxylic acids is 1. The van der Waals surface area contributed by atoms with E-state index in [-0.39, 0.29) is 17.0 Å². The van der Waals surface area contributed by atoms with Gasteiger partial charge in [-0.2, -0.15) is 10.2 Å². The van der Waals surface area contributed by atoms with Crippen molar-refractivity contribution in [2.24, 2.45) is 0 Å². The summed E-state index contributed by atoms with van der Waals surface area (Å²) in [5, 5.41) is 12.4. The van der Waals surface area contributed by atoms with E-state index in [1.54, 1.807) is 48.7 Å². The Labute approximate surface area is 204 Å². The molecule has 0 saturated heterocycles. The molecule has 2 heterocycles. The molecule has 0 bridgehead atoms. The number of nitrogens with one attached hydrogen (secondary N) is 1. The fraction of sp³-hybridized carbons (Fsp3) is 0.0769. The standard InChI is InChI=1S/C26H19BrN4O3/c27-20-9-11-21(12-10-20)34-25-22(26(33)31-15-5-4-8-23(31)30-25)16-19(17-28)24(32)29-14-13-18-6-2-1-3-7-18/h1-12,15-16H,13-14H2,(H,29,32). The molecule has 0 aliphatic rings. The van der Waals surface area contributed by atoms with Crippen LogP contribution in [0.25, 0.3) is 11.7 Å². The molecular formula is C26H19BrN4O3. The fourth-order valence-corrected chi connectivity index (χ4v) is 3.52. The van der Waals surface area contributed by atoms with E-state index in [9.17, 15) is 14.9 Å². The number of fused-ring (bicyclic) bond motifs is 1. The van der Waals surface area contributed by atoms with Crippen LogP contribution in [0.15, 0.2) is 93.8 Å². The molecule has 0 spiro atoms. The van der Waals surface area contributed by atoms with Crippen LogP contribution in [0.5, 0.6) is 11.6 Å². The molecule has 0 saturated carbocycles. The summed E-state index contributed by atoms with van der Waals surface area (Å²) in [7, 11) is 0. The van der Waals surface area contributed by atoms with Gasteiger partial charge in [0.05, 0.1) is 0 Å². The molecule has 2 aromatic heterocycles. The maximum Gasteiger partial charge on any atom is 0.269 e. The van der Waals surface area contributed by atoms with Gasteiger partial charge in [-0.15, -0.1) is 0 Å². The molecule has 0 atom stereocenters. The molecular weight excluding hydrogens is 496 g/mol. The second-order valence-electron chi connectivity index (χ2n) is 7.28. The molecule has 0 unspecified atom stereocenters. The number of carbonyl (C=O) groups is 1. The van der Waals surface area contributed by atoms with E-state index >= 15 is 0 Å². The number of rotatable bonds is 7. The lowest BCUT2D eigenvalue weighted by Gasteiger charge is -2.10. The molecule has 2 aromatic carbocycles. The van der Waals surface area contributed by atoms with Crippen molar-refractivity contribution in [2.45, 2.75) is 6.42 Å². The van der Waals surface area contributed by atoms with Crippen LogP contribution in [0, 0.1) is 11.3 Å². The Kier molecular flexibility index (Phi) is 7.16. The molecule has 34 heavy (non-hydrogen) atoms. The van der Waals surface area contributed by atoms with Crippen molar-refractivity contribution < 1.29 is 9.53 Å². The Morgan fingerprint density at radius 2 is 1.82 bits per heavy atom. The van der Waals surface area contributed by atoms with Crippen LogP contribution in [0.4, 0.5) is 0 Å². The molecule has 4 aromatic rings. The first-order valence-electron chi connectivity index (χ1n) is 10.4. The number of nitrogens with zero attached hydrogens (tertiary/aromatic N) is 3. The molecule has 0 aliphatic carbocycles. The minimum Gasteiger partial charge on any atom is -0.438 e. The van der Waals surface area contributed by atoms with Gasteiger partial charge >= 0.3 is 0 Å². The van der Waals surface area contributed by atoms with Crippen molar-refractivity contribution in [3.8, 4) is 17.7 Å². The van der Waals surface area contributed by atoms with Crippen molar-refractivity contribution in [3.05, 3.63) is 111 Å². The van der Waals surface area contributed by atoms with Crippen LogP contribution in [0.2, 0.25) is 0 Å². The topological polar surface area (TPSA) is 96.5 Å². The number of nitriles is 1. The van der Waals surface area contributed by atoms with Gasteiger partial charge in [0.1, 0.15) is 28.6 Å². The predicted octanol–water partition coefficient (Wildman–Crippen LogP) is 4.52. The predicted molar refractivity (Wildman–Crippen MR) is 132 cm³/mol. The highest BCUT2D eigenvalue weighted by Gasteiger charge is 2.17. The van der Waals surface area contributed by atoms with Crippen molar-refractivity contribution in [3.63, 3.8) is 0 Å². The number of benzene rings is 2. The summed E-state index contributed by atoms with van der Waals surface area (Å²) in [4.78, 5) is 30.3. The zero-order valence-corrected chi connectivity index (χ0v) is 19.5. The van der Waals surface area contributed by atoms with Gasteiger partial charge in [-0.25, -0.2) is 0 Å². The summed E-state index contributed by atoms with van der Waals surface area (Å²) < 4.78 is 8.09. The molecule has 8 heteroatoms. The Balaban J connectivity index is 1.66. The number of amides is 1. The summed E-state index contributed by atoms with van der Waals surface area (Å²) in [5.74, 6) is -0.121. The minimum atomic E-state index is -0.578. The van der Waals surface area contributed by atoms with E-state index in [4.69, 9.17) is 4.74 Å². The van der Waals surface area contributed by atoms with Crippen LogP contribution < -0.4 is 15.6 Å². The van der Waals surface area contributed by atoms with Gasteiger partial charge in [0.25, 0.3) is 11.5 Å². The number of hydrogen-bond donors (Lipinski definition) is 1. The first kappa shape index (κ1) is 23.0. The third kappa shape index (κ3) is 5.39. The molecule has 4 rings (SSSR count). The Morgan fingerprint density at radius 1 is 1.09 bits per heavy atom. The monoisotopic (exact) mass is 514 g/mol. The van der Waals surface area contributed by atoms with Gasteiger partial charge in [-0.05, 0) is 54.5 Å². The van der Waals surface area contributed by atoms with Crippen molar-refractivity contribution in [1.82, 2.24) is 14.7 Å². The van der Waals surface area contributed by atoms with Gasteiger partial charge in [-0.1, -0.05) is 52.3 Å². The summed E-state index contributed by atoms with van der Waals surface area (Å²) in [6.45, 7) is 0.346. The molecule has 0 aliphatic heterocycles. The van der Waals surface area contributed by atoms with E-state index < -0.39 is 11.5 Å². The number of hydrogen-bond acceptors (Lipinski definition) is 5. The van der Waals surface area contributed by atoms with Crippen molar-refractivity contribution >= 4 is 33.6 Å². The van der Waals surface area contributed by atoms with E-state index in [2.05, 4.69) is 26.2 Å². The Bertz CT molecular complexity index is 1460. The van der Waals surface area contributed by atoms with Gasteiger partial charge in [0.2, 0.25) is 5.88 Å². The van der Waals surface area contributed by atoms with E-state index in [1.165, 1.54) is 10.5 Å². The normalized spacial score (nSPS) is 11.1. The van der Waals surface area contributed by atoms with Crippen molar-refractivity contribution in [1.29, 1.82) is 5.26 Å². The third-order valence-corrected chi connectivity index (χ3v) is 5.49. The maximum absolute atomic E-state index is 13.2. The highest BCUT2D eigenvalue weighted by Crippen LogP contribution is 2.25. The van der Waals surface area contributed by atoms with Crippen molar-refractivity contribution in [2.75, 3.05) is 6.54 Å². The minimum absolute atomic E-state index is 0.00128. The molecule has 0 fully saturated rings. The first-order chi connectivity index (χ1) is 16.5. The largest absolute Gasteiger partial charge is 0.438 e. The number of halogens is 1. The summed E-state index contributed by atoms with van der Waals surface area (Å²) in [6.07, 6.45) is 3.40. The molecule has 168 valence electrons. The molecule has 0 radical (unpaired) electrons. The van der Waals surface area contributed by atoms with E-state index in [1.807, 2.05) is 36.4 Å². The third-order valence-electron chi connectivity index (χ3n) is 4.96. The van der Waals surface area contributed by atoms with Gasteiger partial charge < -0.3 is 10.1 Å². The number of ether oxygens (including phenoxy) is 1. The average Bonchev–Trinajstić information content (AvgIpc) is 2.86. The SMILES string of the molecule is N#CC(=Cc1c(Oc2ccc(Br)cc2)nc2ccccn2c1=O)C(=O)NCCc1ccccc1. The lowest BCUT2D eigenvalue weighted by Crippen LogP contribution is -2.27. The van der Waals surface area contributed by atoms with Crippen LogP contribution >= 0.6 is 15.9 Å². The highest BCUT2D eigenvalue weighted by atomic mass is 79.9. The van der Waals surface area contributed by atoms with Gasteiger partial charge in [0, 0.05) is 17.2 Å². The lowest BCUT2D eigenvalue weighted by molar-refractivity contribution is -0.117. The Hall–Kier alpha value is -4.22. The number of aromatic nitrogens is 2. The Morgan fingerprint density at radius 3 is 2.56 bits per heavy atom. The molecule has 7 nitrogen and oxygen atoms in total. The van der Waals surface area contributed by atoms with Crippen LogP contribution in [-0.4, -0.2) is 21.8 Å². The highest BCUT2D eigenvalue weighted by molar-refractivity contribution is 9.10. The molecule has 1 N–H and O–H groups in total. The van der Waals surface area contributed by atoms with E-state index in [0.29, 0.717) is 24.4 Å². The number of pyridine rings is 1. The molecule has 1 amide bonds. The zero-order valence-electron chi connectivity index (χ0n) is 17.9. The smallest absolute Gasteiger partial charge is 0.269 e. The summed E-state index contributed by atoms with van der Waals surface area (Å²) >= 11 is 3.37. The van der Waals surface area contributed by atoms with Gasteiger partial charge in [0.15, 0.2) is 0 Å². The van der Waals surface area contributed by atoms with Crippen LogP contribution in [-0.2, 0) is 11.2 Å². The second kappa shape index (κ2) is 10.6.